The lowest BCUT2D eigenvalue weighted by Gasteiger charge is -2.32. The van der Waals surface area contributed by atoms with E-state index in [0.29, 0.717) is 15.5 Å². The molecule has 0 spiro atoms. The van der Waals surface area contributed by atoms with Gasteiger partial charge in [-0.2, -0.15) is 0 Å². The monoisotopic (exact) mass is 574 g/mol. The highest BCUT2D eigenvalue weighted by molar-refractivity contribution is 6.33. The van der Waals surface area contributed by atoms with Crippen molar-refractivity contribution in [3.63, 3.8) is 0 Å². The molecule has 13 heteroatoms. The highest BCUT2D eigenvalue weighted by Gasteiger charge is 2.13. The fraction of sp³-hybridized carbons (Fsp3) is 0.667. The van der Waals surface area contributed by atoms with Gasteiger partial charge in [0.2, 0.25) is 0 Å². The van der Waals surface area contributed by atoms with Crippen molar-refractivity contribution in [2.75, 3.05) is 97.9 Å². The fourth-order valence-electron chi connectivity index (χ4n) is 3.72. The van der Waals surface area contributed by atoms with Gasteiger partial charge in [0, 0.05) is 71.0 Å². The molecule has 37 heavy (non-hydrogen) atoms. The first kappa shape index (κ1) is 31.8. The molecule has 0 unspecified atom stereocenters. The molecule has 0 radical (unpaired) electrons. The van der Waals surface area contributed by atoms with Crippen LogP contribution in [0.15, 0.2) is 24.8 Å². The Morgan fingerprint density at radius 2 is 1.16 bits per heavy atom. The molecule has 2 aromatic heterocycles. The van der Waals surface area contributed by atoms with Crippen molar-refractivity contribution >= 4 is 40.6 Å². The summed E-state index contributed by atoms with van der Waals surface area (Å²) in [5, 5.41) is 4.47. The van der Waals surface area contributed by atoms with Crippen LogP contribution in [0.4, 0.5) is 5.82 Å². The van der Waals surface area contributed by atoms with Crippen LogP contribution in [-0.4, -0.2) is 132 Å². The second-order valence-corrected chi connectivity index (χ2v) is 10.3. The van der Waals surface area contributed by atoms with Gasteiger partial charge in [0.15, 0.2) is 0 Å². The van der Waals surface area contributed by atoms with Crippen molar-refractivity contribution in [2.24, 2.45) is 5.73 Å². The Kier molecular flexibility index (Phi) is 16.2. The second kappa shape index (κ2) is 18.8. The molecule has 2 fully saturated rings. The number of nitrogens with two attached hydrogens (primary N) is 1. The van der Waals surface area contributed by atoms with E-state index >= 15 is 0 Å². The third-order valence-electron chi connectivity index (χ3n) is 6.06. The minimum absolute atomic E-state index is 0.366. The zero-order valence-electron chi connectivity index (χ0n) is 22.0. The molecule has 0 aromatic carbocycles. The van der Waals surface area contributed by atoms with Gasteiger partial charge in [0.05, 0.1) is 0 Å². The molecular weight excluding hydrogens is 535 g/mol. The predicted molar refractivity (Wildman–Crippen MR) is 154 cm³/mol. The van der Waals surface area contributed by atoms with Crippen LogP contribution in [0.2, 0.25) is 15.5 Å². The van der Waals surface area contributed by atoms with E-state index in [1.807, 2.05) is 0 Å². The van der Waals surface area contributed by atoms with Crippen molar-refractivity contribution in [1.29, 1.82) is 0 Å². The van der Waals surface area contributed by atoms with Gasteiger partial charge in [-0.3, -0.25) is 0 Å². The van der Waals surface area contributed by atoms with Crippen molar-refractivity contribution in [2.45, 2.75) is 12.8 Å². The third-order valence-corrected chi connectivity index (χ3v) is 6.68. The first-order chi connectivity index (χ1) is 17.9. The summed E-state index contributed by atoms with van der Waals surface area (Å²) in [5.74, 6) is 0.799. The number of nitrogens with one attached hydrogen (secondary N) is 1. The Morgan fingerprint density at radius 3 is 1.59 bits per heavy atom. The van der Waals surface area contributed by atoms with Gasteiger partial charge in [-0.05, 0) is 46.6 Å². The van der Waals surface area contributed by atoms with E-state index in [1.54, 1.807) is 6.07 Å². The summed E-state index contributed by atoms with van der Waals surface area (Å²) in [5.41, 5.74) is 5.44. The van der Waals surface area contributed by atoms with Crippen LogP contribution >= 0.6 is 34.8 Å². The SMILES string of the molecule is CN1CCN(CCCN)CC1.CN1CCN(CCCNc2cc(Cl)ncn2)CC1.Clc1cc(Cl)ncn1. The molecule has 4 rings (SSSR count). The minimum atomic E-state index is 0.366. The van der Waals surface area contributed by atoms with E-state index in [-0.39, 0.29) is 0 Å². The number of rotatable bonds is 8. The molecule has 0 amide bonds. The summed E-state index contributed by atoms with van der Waals surface area (Å²) in [7, 11) is 4.36. The van der Waals surface area contributed by atoms with Gasteiger partial charge >= 0.3 is 0 Å². The first-order valence-electron chi connectivity index (χ1n) is 12.7. The van der Waals surface area contributed by atoms with Crippen LogP contribution < -0.4 is 11.1 Å². The zero-order chi connectivity index (χ0) is 26.9. The molecule has 208 valence electrons. The number of aromatic nitrogens is 4. The molecule has 0 atom stereocenters. The maximum atomic E-state index is 5.79. The lowest BCUT2D eigenvalue weighted by atomic mass is 10.3. The Bertz CT molecular complexity index is 842. The van der Waals surface area contributed by atoms with E-state index < -0.39 is 0 Å². The molecule has 0 aliphatic carbocycles. The van der Waals surface area contributed by atoms with Gasteiger partial charge in [0.25, 0.3) is 0 Å². The van der Waals surface area contributed by atoms with Crippen molar-refractivity contribution in [3.8, 4) is 0 Å². The maximum Gasteiger partial charge on any atom is 0.134 e. The molecule has 0 bridgehead atoms. The van der Waals surface area contributed by atoms with Crippen LogP contribution in [0.25, 0.3) is 0 Å². The molecule has 10 nitrogen and oxygen atoms in total. The zero-order valence-corrected chi connectivity index (χ0v) is 24.3. The average molecular weight is 576 g/mol. The molecule has 0 saturated carbocycles. The van der Waals surface area contributed by atoms with E-state index in [2.05, 4.69) is 58.9 Å². The molecular formula is C24H41Cl3N10. The standard InChI is InChI=1S/C12H20ClN5.C8H19N3.C4H2Cl2N2/c1-17-5-7-18(8-6-17)4-2-3-14-12-9-11(13)15-10-16-12;1-10-5-7-11(8-6-10)4-2-3-9;5-3-1-4(6)8-2-7-3/h9-10H,2-8H2,1H3,(H,14,15,16);2-9H2,1H3;1-2H. The lowest BCUT2D eigenvalue weighted by Crippen LogP contribution is -2.44. The Morgan fingerprint density at radius 1 is 0.703 bits per heavy atom. The third kappa shape index (κ3) is 15.0. The van der Waals surface area contributed by atoms with Crippen molar-refractivity contribution in [1.82, 2.24) is 39.5 Å². The van der Waals surface area contributed by atoms with Gasteiger partial charge in [-0.25, -0.2) is 19.9 Å². The van der Waals surface area contributed by atoms with Gasteiger partial charge < -0.3 is 30.7 Å². The van der Waals surface area contributed by atoms with E-state index in [4.69, 9.17) is 40.5 Å². The number of likely N-dealkylation sites (N-methyl/N-ethyl adjacent to an activating group) is 2. The van der Waals surface area contributed by atoms with Gasteiger partial charge in [0.1, 0.15) is 33.9 Å². The molecule has 2 aromatic rings. The molecule has 2 saturated heterocycles. The normalized spacial score (nSPS) is 17.4. The number of nitrogens with zero attached hydrogens (tertiary/aromatic N) is 8. The number of anilines is 1. The quantitative estimate of drug-likeness (QED) is 0.361. The van der Waals surface area contributed by atoms with Crippen LogP contribution in [0.5, 0.6) is 0 Å². The number of hydrogen-bond acceptors (Lipinski definition) is 10. The predicted octanol–water partition coefficient (Wildman–Crippen LogP) is 2.55. The fourth-order valence-corrected chi connectivity index (χ4v) is 4.22. The van der Waals surface area contributed by atoms with Crippen LogP contribution in [0.1, 0.15) is 12.8 Å². The first-order valence-corrected chi connectivity index (χ1v) is 13.9. The molecule has 4 heterocycles. The summed E-state index contributed by atoms with van der Waals surface area (Å²) in [6, 6.07) is 3.22. The van der Waals surface area contributed by atoms with Crippen LogP contribution in [-0.2, 0) is 0 Å². The summed E-state index contributed by atoms with van der Waals surface area (Å²) >= 11 is 16.6. The van der Waals surface area contributed by atoms with Crippen molar-refractivity contribution in [3.05, 3.63) is 40.2 Å². The summed E-state index contributed by atoms with van der Waals surface area (Å²) in [6.07, 6.45) is 5.05. The highest BCUT2D eigenvalue weighted by atomic mass is 35.5. The molecule has 2 aliphatic heterocycles. The Hall–Kier alpha value is -1.37. The maximum absolute atomic E-state index is 5.79. The van der Waals surface area contributed by atoms with E-state index in [1.165, 1.54) is 77.6 Å². The second-order valence-electron chi connectivity index (χ2n) is 9.10. The lowest BCUT2D eigenvalue weighted by molar-refractivity contribution is 0.153. The van der Waals surface area contributed by atoms with Crippen molar-refractivity contribution < 1.29 is 0 Å². The van der Waals surface area contributed by atoms with Crippen LogP contribution in [0, 0.1) is 0 Å². The molecule has 2 aliphatic rings. The summed E-state index contributed by atoms with van der Waals surface area (Å²) in [6.45, 7) is 13.6. The summed E-state index contributed by atoms with van der Waals surface area (Å²) in [4.78, 5) is 24.9. The molecule has 3 N–H and O–H groups in total. The van der Waals surface area contributed by atoms with Gasteiger partial charge in [-0.1, -0.05) is 34.8 Å². The Balaban J connectivity index is 0.000000215. The largest absolute Gasteiger partial charge is 0.370 e. The topological polar surface area (TPSA) is 103 Å². The number of hydrogen-bond donors (Lipinski definition) is 2. The Labute approximate surface area is 236 Å². The minimum Gasteiger partial charge on any atom is -0.370 e. The smallest absolute Gasteiger partial charge is 0.134 e. The number of piperazine rings is 2. The number of halogens is 3. The van der Waals surface area contributed by atoms with Gasteiger partial charge in [-0.15, -0.1) is 0 Å². The highest BCUT2D eigenvalue weighted by Crippen LogP contribution is 2.09. The average Bonchev–Trinajstić information content (AvgIpc) is 2.88. The van der Waals surface area contributed by atoms with E-state index in [0.717, 1.165) is 38.3 Å². The summed E-state index contributed by atoms with van der Waals surface area (Å²) < 4.78 is 0. The van der Waals surface area contributed by atoms with E-state index in [9.17, 15) is 0 Å². The van der Waals surface area contributed by atoms with Crippen LogP contribution in [0.3, 0.4) is 0 Å².